The van der Waals surface area contributed by atoms with Crippen molar-refractivity contribution < 1.29 is 0 Å². The summed E-state index contributed by atoms with van der Waals surface area (Å²) in [6.45, 7) is 0. The summed E-state index contributed by atoms with van der Waals surface area (Å²) in [6, 6.07) is 14.1. The van der Waals surface area contributed by atoms with Crippen molar-refractivity contribution in [3.05, 3.63) is 58.7 Å². The van der Waals surface area contributed by atoms with Gasteiger partial charge in [-0.05, 0) is 97.9 Å². The van der Waals surface area contributed by atoms with Crippen LogP contribution in [0.3, 0.4) is 0 Å². The smallest absolute Gasteiger partial charge is 0.0387 e. The minimum atomic E-state index is 1.25. The van der Waals surface area contributed by atoms with E-state index in [9.17, 15) is 0 Å². The van der Waals surface area contributed by atoms with Crippen LogP contribution in [0.15, 0.2) is 36.4 Å². The topological polar surface area (TPSA) is 12.0 Å². The highest BCUT2D eigenvalue weighted by Gasteiger charge is 2.10. The normalized spacial score (nSPS) is 18.1. The summed E-state index contributed by atoms with van der Waals surface area (Å²) in [5.41, 5.74) is 8.79. The zero-order valence-corrected chi connectivity index (χ0v) is 15.4. The second-order valence-corrected chi connectivity index (χ2v) is 7.92. The van der Waals surface area contributed by atoms with Crippen LogP contribution in [0.4, 0.5) is 11.4 Å². The molecule has 25 heavy (non-hydrogen) atoms. The first-order valence-corrected chi connectivity index (χ1v) is 10.4. The van der Waals surface area contributed by atoms with Gasteiger partial charge in [0.05, 0.1) is 0 Å². The Morgan fingerprint density at radius 2 is 0.840 bits per heavy atom. The first-order chi connectivity index (χ1) is 12.4. The number of nitrogens with one attached hydrogen (secondary N) is 1. The lowest BCUT2D eigenvalue weighted by Crippen LogP contribution is -2.02. The van der Waals surface area contributed by atoms with Crippen LogP contribution in [0.5, 0.6) is 0 Å². The third-order valence-electron chi connectivity index (χ3n) is 5.99. The van der Waals surface area contributed by atoms with Crippen molar-refractivity contribution in [2.75, 3.05) is 5.32 Å². The van der Waals surface area contributed by atoms with Gasteiger partial charge in [0.25, 0.3) is 0 Å². The molecule has 0 aromatic heterocycles. The van der Waals surface area contributed by atoms with Crippen LogP contribution in [0, 0.1) is 0 Å². The van der Waals surface area contributed by atoms with E-state index in [0.29, 0.717) is 0 Å². The lowest BCUT2D eigenvalue weighted by molar-refractivity contribution is 0.617. The number of fused-ring (bicyclic) bond motifs is 2. The largest absolute Gasteiger partial charge is 0.356 e. The van der Waals surface area contributed by atoms with Crippen molar-refractivity contribution in [2.24, 2.45) is 0 Å². The molecule has 132 valence electrons. The van der Waals surface area contributed by atoms with Crippen molar-refractivity contribution in [1.82, 2.24) is 0 Å². The number of aryl methyl sites for hydroxylation is 4. The fraction of sp³-hybridized carbons (Fsp3) is 0.500. The predicted octanol–water partition coefficient (Wildman–Crippen LogP) is 6.75. The highest BCUT2D eigenvalue weighted by molar-refractivity contribution is 5.62. The Balaban J connectivity index is 1.53. The fourth-order valence-electron chi connectivity index (χ4n) is 4.50. The highest BCUT2D eigenvalue weighted by atomic mass is 14.9. The molecule has 0 fully saturated rings. The molecule has 0 atom stereocenters. The molecule has 1 N–H and O–H groups in total. The average molecular weight is 334 g/mol. The van der Waals surface area contributed by atoms with Gasteiger partial charge in [-0.25, -0.2) is 0 Å². The fourth-order valence-corrected chi connectivity index (χ4v) is 4.50. The van der Waals surface area contributed by atoms with E-state index in [1.54, 1.807) is 22.3 Å². The van der Waals surface area contributed by atoms with E-state index in [0.717, 1.165) is 0 Å². The van der Waals surface area contributed by atoms with Gasteiger partial charge in [0.15, 0.2) is 0 Å². The first-order valence-electron chi connectivity index (χ1n) is 10.4. The summed E-state index contributed by atoms with van der Waals surface area (Å²) >= 11 is 0. The summed E-state index contributed by atoms with van der Waals surface area (Å²) in [4.78, 5) is 0. The maximum atomic E-state index is 3.68. The van der Waals surface area contributed by atoms with Gasteiger partial charge < -0.3 is 5.32 Å². The monoisotopic (exact) mass is 333 g/mol. The molecule has 1 heteroatoms. The second-order valence-electron chi connectivity index (χ2n) is 7.92. The third-order valence-corrected chi connectivity index (χ3v) is 5.99. The van der Waals surface area contributed by atoms with Gasteiger partial charge in [-0.3, -0.25) is 0 Å². The van der Waals surface area contributed by atoms with Crippen LogP contribution < -0.4 is 5.32 Å². The van der Waals surface area contributed by atoms with Gasteiger partial charge in [-0.15, -0.1) is 0 Å². The number of anilines is 2. The lowest BCUT2D eigenvalue weighted by Gasteiger charge is -2.18. The van der Waals surface area contributed by atoms with Crippen LogP contribution >= 0.6 is 0 Å². The minimum Gasteiger partial charge on any atom is -0.356 e. The summed E-state index contributed by atoms with van der Waals surface area (Å²) in [6.07, 6.45) is 16.0. The van der Waals surface area contributed by atoms with E-state index in [1.807, 2.05) is 0 Å². The molecule has 1 nitrogen and oxygen atoms in total. The molecule has 4 rings (SSSR count). The van der Waals surface area contributed by atoms with Crippen LogP contribution in [-0.4, -0.2) is 0 Å². The second kappa shape index (κ2) is 8.08. The molecular formula is C24H31N. The van der Waals surface area contributed by atoms with Gasteiger partial charge >= 0.3 is 0 Å². The van der Waals surface area contributed by atoms with Gasteiger partial charge in [-0.2, -0.15) is 0 Å². The number of rotatable bonds is 2. The minimum absolute atomic E-state index is 1.25. The van der Waals surface area contributed by atoms with Crippen molar-refractivity contribution in [2.45, 2.75) is 77.0 Å². The number of hydrogen-bond donors (Lipinski definition) is 1. The molecule has 0 saturated carbocycles. The lowest BCUT2D eigenvalue weighted by atomic mass is 9.92. The molecule has 0 unspecified atom stereocenters. The zero-order valence-electron chi connectivity index (χ0n) is 15.4. The van der Waals surface area contributed by atoms with Gasteiger partial charge in [0, 0.05) is 11.4 Å². The van der Waals surface area contributed by atoms with Gasteiger partial charge in [-0.1, -0.05) is 37.8 Å². The molecule has 0 heterocycles. The van der Waals surface area contributed by atoms with Gasteiger partial charge in [0.1, 0.15) is 0 Å². The molecule has 0 bridgehead atoms. The SMILES string of the molecule is c1cc2c(cc1Nc1ccc3c(c1)CCCCCC3)CCCCCC2. The third kappa shape index (κ3) is 4.26. The first kappa shape index (κ1) is 16.7. The Bertz CT molecular complexity index is 655. The molecule has 0 saturated heterocycles. The zero-order chi connectivity index (χ0) is 16.9. The molecule has 0 spiro atoms. The molecular weight excluding hydrogens is 302 g/mol. The van der Waals surface area contributed by atoms with Crippen LogP contribution in [-0.2, 0) is 25.7 Å². The molecule has 0 aliphatic heterocycles. The van der Waals surface area contributed by atoms with Crippen molar-refractivity contribution in [3.63, 3.8) is 0 Å². The summed E-state index contributed by atoms with van der Waals surface area (Å²) in [5.74, 6) is 0. The highest BCUT2D eigenvalue weighted by Crippen LogP contribution is 2.28. The Morgan fingerprint density at radius 3 is 1.28 bits per heavy atom. The van der Waals surface area contributed by atoms with E-state index < -0.39 is 0 Å². The molecule has 2 aromatic rings. The van der Waals surface area contributed by atoms with E-state index in [4.69, 9.17) is 0 Å². The van der Waals surface area contributed by atoms with Crippen molar-refractivity contribution >= 4 is 11.4 Å². The standard InChI is InChI=1S/C24H31N/c1-3-7-11-21-17-23(15-13-19(21)9-5-1)25-24-16-14-20-10-6-2-4-8-12-22(20)18-24/h13-18,25H,1-12H2. The van der Waals surface area contributed by atoms with E-state index in [1.165, 1.54) is 88.4 Å². The van der Waals surface area contributed by atoms with E-state index >= 15 is 0 Å². The summed E-state index contributed by atoms with van der Waals surface area (Å²) < 4.78 is 0. The van der Waals surface area contributed by atoms with Crippen LogP contribution in [0.25, 0.3) is 0 Å². The van der Waals surface area contributed by atoms with Crippen LogP contribution in [0.2, 0.25) is 0 Å². The molecule has 0 amide bonds. The Kier molecular flexibility index (Phi) is 5.40. The Labute approximate surface area is 152 Å². The summed E-state index contributed by atoms with van der Waals surface area (Å²) in [7, 11) is 0. The predicted molar refractivity (Wildman–Crippen MR) is 108 cm³/mol. The van der Waals surface area contributed by atoms with Gasteiger partial charge in [0.2, 0.25) is 0 Å². The maximum Gasteiger partial charge on any atom is 0.0387 e. The average Bonchev–Trinajstić information content (AvgIpc) is 2.57. The number of hydrogen-bond acceptors (Lipinski definition) is 1. The molecule has 2 aromatic carbocycles. The van der Waals surface area contributed by atoms with Crippen molar-refractivity contribution in [1.29, 1.82) is 0 Å². The maximum absolute atomic E-state index is 3.68. The molecule has 2 aliphatic carbocycles. The van der Waals surface area contributed by atoms with E-state index in [2.05, 4.69) is 41.7 Å². The number of benzene rings is 2. The van der Waals surface area contributed by atoms with E-state index in [-0.39, 0.29) is 0 Å². The molecule has 0 radical (unpaired) electrons. The Morgan fingerprint density at radius 1 is 0.440 bits per heavy atom. The van der Waals surface area contributed by atoms with Crippen LogP contribution in [0.1, 0.15) is 73.6 Å². The Hall–Kier alpha value is -1.76. The molecule has 2 aliphatic rings. The summed E-state index contributed by atoms with van der Waals surface area (Å²) in [5, 5.41) is 3.68. The quantitative estimate of drug-likeness (QED) is 0.641. The van der Waals surface area contributed by atoms with Crippen molar-refractivity contribution in [3.8, 4) is 0 Å².